The summed E-state index contributed by atoms with van der Waals surface area (Å²) in [6.45, 7) is 2.74. The molecule has 1 aliphatic rings. The molecule has 1 fully saturated rings. The summed E-state index contributed by atoms with van der Waals surface area (Å²) in [6, 6.07) is 7.83. The largest absolute Gasteiger partial charge is 0.306 e. The van der Waals surface area contributed by atoms with Crippen LogP contribution >= 0.6 is 0 Å². The zero-order valence-electron chi connectivity index (χ0n) is 9.40. The second kappa shape index (κ2) is 4.47. The van der Waals surface area contributed by atoms with Crippen LogP contribution in [-0.2, 0) is 16.0 Å². The van der Waals surface area contributed by atoms with Crippen molar-refractivity contribution in [1.82, 2.24) is 0 Å². The number of aryl methyl sites for hydroxylation is 1. The second-order valence-corrected chi connectivity index (χ2v) is 4.00. The van der Waals surface area contributed by atoms with Gasteiger partial charge >= 0.3 is 0 Å². The Balaban J connectivity index is 2.22. The molecule has 1 saturated heterocycles. The van der Waals surface area contributed by atoms with Crippen molar-refractivity contribution in [3.05, 3.63) is 29.8 Å². The minimum Gasteiger partial charge on any atom is -0.306 e. The van der Waals surface area contributed by atoms with Crippen molar-refractivity contribution in [2.45, 2.75) is 26.2 Å². The lowest BCUT2D eigenvalue weighted by Crippen LogP contribution is -2.41. The fraction of sp³-hybridized carbons (Fsp3) is 0.385. The van der Waals surface area contributed by atoms with Gasteiger partial charge in [-0.05, 0) is 30.5 Å². The number of ketones is 1. The van der Waals surface area contributed by atoms with Gasteiger partial charge in [-0.2, -0.15) is 0 Å². The van der Waals surface area contributed by atoms with Gasteiger partial charge in [0.2, 0.25) is 5.78 Å². The number of carbonyl (C=O) groups excluding carboxylic acids is 2. The van der Waals surface area contributed by atoms with Crippen molar-refractivity contribution in [1.29, 1.82) is 0 Å². The molecule has 0 unspecified atom stereocenters. The predicted octanol–water partition coefficient (Wildman–Crippen LogP) is 1.94. The van der Waals surface area contributed by atoms with Crippen LogP contribution in [0, 0.1) is 0 Å². The van der Waals surface area contributed by atoms with Crippen LogP contribution in [0.2, 0.25) is 0 Å². The van der Waals surface area contributed by atoms with Crippen LogP contribution in [0.25, 0.3) is 0 Å². The van der Waals surface area contributed by atoms with E-state index in [1.54, 1.807) is 4.90 Å². The Hall–Kier alpha value is -1.64. The normalized spacial score (nSPS) is 16.7. The van der Waals surface area contributed by atoms with Crippen LogP contribution in [0.15, 0.2) is 24.3 Å². The highest BCUT2D eigenvalue weighted by molar-refractivity contribution is 6.41. The molecule has 0 bridgehead atoms. The van der Waals surface area contributed by atoms with Crippen LogP contribution < -0.4 is 4.90 Å². The Morgan fingerprint density at radius 1 is 1.19 bits per heavy atom. The van der Waals surface area contributed by atoms with Crippen LogP contribution in [0.1, 0.15) is 25.3 Å². The van der Waals surface area contributed by atoms with Gasteiger partial charge in [0.25, 0.3) is 5.91 Å². The molecular formula is C13H15NO2. The van der Waals surface area contributed by atoms with Gasteiger partial charge in [0, 0.05) is 18.7 Å². The highest BCUT2D eigenvalue weighted by Gasteiger charge is 2.26. The highest BCUT2D eigenvalue weighted by atomic mass is 16.2. The zero-order chi connectivity index (χ0) is 11.5. The average Bonchev–Trinajstić information content (AvgIpc) is 2.33. The van der Waals surface area contributed by atoms with E-state index >= 15 is 0 Å². The first-order valence-electron chi connectivity index (χ1n) is 5.66. The summed E-state index contributed by atoms with van der Waals surface area (Å²) in [5.74, 6) is -0.638. The SMILES string of the molecule is CCc1ccc(N2CCCC(=O)C2=O)cc1. The number of benzene rings is 1. The number of hydrogen-bond donors (Lipinski definition) is 0. The van der Waals surface area contributed by atoms with Gasteiger partial charge in [-0.15, -0.1) is 0 Å². The summed E-state index contributed by atoms with van der Waals surface area (Å²) in [7, 11) is 0. The smallest absolute Gasteiger partial charge is 0.294 e. The molecule has 0 aromatic heterocycles. The lowest BCUT2D eigenvalue weighted by atomic mass is 10.1. The standard InChI is InChI=1S/C13H15NO2/c1-2-10-5-7-11(8-6-10)14-9-3-4-12(15)13(14)16/h5-8H,2-4,9H2,1H3. The predicted molar refractivity (Wildman–Crippen MR) is 62.4 cm³/mol. The molecule has 1 amide bonds. The Labute approximate surface area is 95.1 Å². The molecule has 0 radical (unpaired) electrons. The molecular weight excluding hydrogens is 202 g/mol. The molecule has 2 rings (SSSR count). The molecule has 3 heteroatoms. The fourth-order valence-electron chi connectivity index (χ4n) is 1.91. The number of rotatable bonds is 2. The Kier molecular flexibility index (Phi) is 3.04. The number of hydrogen-bond acceptors (Lipinski definition) is 2. The number of carbonyl (C=O) groups is 2. The summed E-state index contributed by atoms with van der Waals surface area (Å²) in [5.41, 5.74) is 2.06. The average molecular weight is 217 g/mol. The maximum absolute atomic E-state index is 11.7. The molecule has 0 N–H and O–H groups in total. The maximum Gasteiger partial charge on any atom is 0.294 e. The third-order valence-electron chi connectivity index (χ3n) is 2.93. The van der Waals surface area contributed by atoms with Crippen molar-refractivity contribution in [3.63, 3.8) is 0 Å². The second-order valence-electron chi connectivity index (χ2n) is 4.00. The minimum absolute atomic E-state index is 0.272. The molecule has 1 aliphatic heterocycles. The lowest BCUT2D eigenvalue weighted by Gasteiger charge is -2.25. The van der Waals surface area contributed by atoms with Gasteiger partial charge in [-0.3, -0.25) is 9.59 Å². The number of Topliss-reactive ketones (excluding diaryl/α,β-unsaturated/α-hetero) is 1. The van der Waals surface area contributed by atoms with Crippen molar-refractivity contribution in [3.8, 4) is 0 Å². The molecule has 1 aromatic rings. The number of anilines is 1. The maximum atomic E-state index is 11.7. The van der Waals surface area contributed by atoms with Crippen LogP contribution in [0.4, 0.5) is 5.69 Å². The minimum atomic E-state index is -0.365. The summed E-state index contributed by atoms with van der Waals surface area (Å²) >= 11 is 0. The van der Waals surface area contributed by atoms with Gasteiger partial charge in [0.05, 0.1) is 0 Å². The van der Waals surface area contributed by atoms with Crippen molar-refractivity contribution in [2.75, 3.05) is 11.4 Å². The summed E-state index contributed by atoms with van der Waals surface area (Å²) in [6.07, 6.45) is 2.13. The Morgan fingerprint density at radius 2 is 1.88 bits per heavy atom. The molecule has 1 aromatic carbocycles. The van der Waals surface area contributed by atoms with E-state index in [9.17, 15) is 9.59 Å². The molecule has 1 heterocycles. The fourth-order valence-corrected chi connectivity index (χ4v) is 1.91. The van der Waals surface area contributed by atoms with E-state index in [2.05, 4.69) is 6.92 Å². The molecule has 16 heavy (non-hydrogen) atoms. The summed E-state index contributed by atoms with van der Waals surface area (Å²) in [5, 5.41) is 0. The summed E-state index contributed by atoms with van der Waals surface area (Å²) in [4.78, 5) is 24.5. The van der Waals surface area contributed by atoms with E-state index in [0.29, 0.717) is 13.0 Å². The van der Waals surface area contributed by atoms with E-state index in [1.807, 2.05) is 24.3 Å². The highest BCUT2D eigenvalue weighted by Crippen LogP contribution is 2.20. The molecule has 0 spiro atoms. The van der Waals surface area contributed by atoms with E-state index in [4.69, 9.17) is 0 Å². The van der Waals surface area contributed by atoms with E-state index in [0.717, 1.165) is 18.5 Å². The molecule has 84 valence electrons. The Bertz CT molecular complexity index is 408. The van der Waals surface area contributed by atoms with Gasteiger partial charge in [0.15, 0.2) is 0 Å². The van der Waals surface area contributed by atoms with Crippen molar-refractivity contribution in [2.24, 2.45) is 0 Å². The van der Waals surface area contributed by atoms with Crippen LogP contribution in [0.3, 0.4) is 0 Å². The first-order chi connectivity index (χ1) is 7.72. The van der Waals surface area contributed by atoms with Gasteiger partial charge < -0.3 is 4.90 Å². The molecule has 0 atom stereocenters. The monoisotopic (exact) mass is 217 g/mol. The third kappa shape index (κ3) is 1.98. The molecule has 3 nitrogen and oxygen atoms in total. The molecule has 0 aliphatic carbocycles. The molecule has 0 saturated carbocycles. The first-order valence-corrected chi connectivity index (χ1v) is 5.66. The van der Waals surface area contributed by atoms with E-state index in [1.165, 1.54) is 5.56 Å². The summed E-state index contributed by atoms with van der Waals surface area (Å²) < 4.78 is 0. The van der Waals surface area contributed by atoms with Gasteiger partial charge in [-0.1, -0.05) is 19.1 Å². The van der Waals surface area contributed by atoms with Gasteiger partial charge in [-0.25, -0.2) is 0 Å². The first kappa shape index (κ1) is 10.9. The van der Waals surface area contributed by atoms with E-state index < -0.39 is 0 Å². The van der Waals surface area contributed by atoms with Crippen LogP contribution in [0.5, 0.6) is 0 Å². The third-order valence-corrected chi connectivity index (χ3v) is 2.93. The number of piperidine rings is 1. The zero-order valence-corrected chi connectivity index (χ0v) is 9.40. The number of amides is 1. The van der Waals surface area contributed by atoms with Crippen molar-refractivity contribution >= 4 is 17.4 Å². The van der Waals surface area contributed by atoms with E-state index in [-0.39, 0.29) is 11.7 Å². The van der Waals surface area contributed by atoms with Crippen molar-refractivity contribution < 1.29 is 9.59 Å². The lowest BCUT2D eigenvalue weighted by molar-refractivity contribution is -0.137. The van der Waals surface area contributed by atoms with Crippen LogP contribution in [-0.4, -0.2) is 18.2 Å². The quantitative estimate of drug-likeness (QED) is 0.710. The topological polar surface area (TPSA) is 37.4 Å². The number of nitrogens with zero attached hydrogens (tertiary/aromatic N) is 1. The van der Waals surface area contributed by atoms with Gasteiger partial charge in [0.1, 0.15) is 0 Å². The Morgan fingerprint density at radius 3 is 2.50 bits per heavy atom.